The fraction of sp³-hybridized carbons (Fsp3) is 0.174. The highest BCUT2D eigenvalue weighted by Gasteiger charge is 2.06. The lowest BCUT2D eigenvalue weighted by Crippen LogP contribution is -2.18. The van der Waals surface area contributed by atoms with Crippen molar-refractivity contribution in [3.05, 3.63) is 95.6 Å². The van der Waals surface area contributed by atoms with Crippen molar-refractivity contribution in [2.45, 2.75) is 26.9 Å². The van der Waals surface area contributed by atoms with Gasteiger partial charge in [0.1, 0.15) is 0 Å². The molecule has 0 spiro atoms. The van der Waals surface area contributed by atoms with E-state index in [1.807, 2.05) is 46.0 Å². The molecule has 4 aromatic rings. The second-order valence-electron chi connectivity index (χ2n) is 7.29. The van der Waals surface area contributed by atoms with Crippen molar-refractivity contribution < 1.29 is 0 Å². The Balaban J connectivity index is 1.33. The monoisotopic (exact) mass is 416 g/mol. The Bertz CT molecular complexity index is 1070. The Hall–Kier alpha value is -3.45. The summed E-state index contributed by atoms with van der Waals surface area (Å²) in [7, 11) is 0. The summed E-state index contributed by atoms with van der Waals surface area (Å²) < 4.78 is 3.79. The summed E-state index contributed by atoms with van der Waals surface area (Å²) in [5, 5.41) is 15.7. The molecular formula is C23H24N6S. The van der Waals surface area contributed by atoms with Crippen LogP contribution in [0.2, 0.25) is 0 Å². The molecule has 2 aromatic heterocycles. The van der Waals surface area contributed by atoms with Gasteiger partial charge in [0.2, 0.25) is 0 Å². The van der Waals surface area contributed by atoms with Gasteiger partial charge in [-0.1, -0.05) is 48.5 Å². The van der Waals surface area contributed by atoms with Gasteiger partial charge in [0, 0.05) is 12.4 Å². The first-order chi connectivity index (χ1) is 14.6. The topological polar surface area (TPSA) is 59.7 Å². The average Bonchev–Trinajstić information content (AvgIpc) is 3.35. The zero-order chi connectivity index (χ0) is 20.9. The van der Waals surface area contributed by atoms with Crippen molar-refractivity contribution in [2.75, 3.05) is 10.6 Å². The average molecular weight is 417 g/mol. The molecule has 0 unspecified atom stereocenters. The number of hydrogen-bond donors (Lipinski definition) is 2. The van der Waals surface area contributed by atoms with Crippen molar-refractivity contribution in [2.24, 2.45) is 0 Å². The Labute approximate surface area is 181 Å². The normalized spacial score (nSPS) is 10.7. The lowest BCUT2D eigenvalue weighted by Gasteiger charge is -2.07. The van der Waals surface area contributed by atoms with Gasteiger partial charge in [0.05, 0.1) is 36.9 Å². The van der Waals surface area contributed by atoms with E-state index in [0.717, 1.165) is 24.5 Å². The number of thiocarbonyl (C=S) groups is 1. The summed E-state index contributed by atoms with van der Waals surface area (Å²) >= 11 is 5.44. The maximum atomic E-state index is 5.44. The van der Waals surface area contributed by atoms with Crippen LogP contribution < -0.4 is 10.6 Å². The van der Waals surface area contributed by atoms with E-state index in [-0.39, 0.29) is 0 Å². The maximum absolute atomic E-state index is 5.44. The predicted octanol–water partition coefficient (Wildman–Crippen LogP) is 4.60. The van der Waals surface area contributed by atoms with Crippen LogP contribution in [0.4, 0.5) is 11.4 Å². The van der Waals surface area contributed by atoms with Crippen LogP contribution >= 0.6 is 12.2 Å². The van der Waals surface area contributed by atoms with Gasteiger partial charge in [0.25, 0.3) is 0 Å². The molecule has 0 fully saturated rings. The van der Waals surface area contributed by atoms with Gasteiger partial charge in [-0.25, -0.2) is 0 Å². The molecule has 2 aromatic carbocycles. The third-order valence-corrected chi connectivity index (χ3v) is 5.17. The summed E-state index contributed by atoms with van der Waals surface area (Å²) in [5.74, 6) is 0. The lowest BCUT2D eigenvalue weighted by atomic mass is 10.1. The molecule has 4 rings (SSSR count). The Kier molecular flexibility index (Phi) is 5.90. The van der Waals surface area contributed by atoms with Crippen molar-refractivity contribution in [3.8, 4) is 0 Å². The van der Waals surface area contributed by atoms with Gasteiger partial charge in [-0.3, -0.25) is 9.36 Å². The molecule has 0 radical (unpaired) electrons. The Morgan fingerprint density at radius 2 is 1.20 bits per heavy atom. The molecular weight excluding hydrogens is 392 g/mol. The van der Waals surface area contributed by atoms with Gasteiger partial charge < -0.3 is 10.6 Å². The van der Waals surface area contributed by atoms with Crippen LogP contribution in [0.5, 0.6) is 0 Å². The van der Waals surface area contributed by atoms with E-state index in [2.05, 4.69) is 58.9 Å². The van der Waals surface area contributed by atoms with Crippen LogP contribution in [0, 0.1) is 13.8 Å². The number of anilines is 2. The SMILES string of the molecule is Cc1ccccc1Cn1cc(NC(=S)Nc2cnn(Cc3ccccc3C)c2)cn1. The second-order valence-corrected chi connectivity index (χ2v) is 7.69. The number of aryl methyl sites for hydroxylation is 2. The largest absolute Gasteiger partial charge is 0.330 e. The first kappa shape index (κ1) is 19.8. The summed E-state index contributed by atoms with van der Waals surface area (Å²) in [4.78, 5) is 0. The summed E-state index contributed by atoms with van der Waals surface area (Å²) in [6, 6.07) is 16.6. The highest BCUT2D eigenvalue weighted by molar-refractivity contribution is 7.80. The molecule has 2 N–H and O–H groups in total. The van der Waals surface area contributed by atoms with E-state index in [0.29, 0.717) is 5.11 Å². The van der Waals surface area contributed by atoms with E-state index in [9.17, 15) is 0 Å². The van der Waals surface area contributed by atoms with Crippen LogP contribution in [-0.2, 0) is 13.1 Å². The number of benzene rings is 2. The van der Waals surface area contributed by atoms with Gasteiger partial charge in [0.15, 0.2) is 5.11 Å². The Morgan fingerprint density at radius 3 is 1.63 bits per heavy atom. The molecule has 0 saturated carbocycles. The van der Waals surface area contributed by atoms with Crippen LogP contribution in [0.1, 0.15) is 22.3 Å². The number of rotatable bonds is 6. The molecule has 6 nitrogen and oxygen atoms in total. The zero-order valence-electron chi connectivity index (χ0n) is 17.0. The van der Waals surface area contributed by atoms with Gasteiger partial charge >= 0.3 is 0 Å². The van der Waals surface area contributed by atoms with Crippen LogP contribution in [0.25, 0.3) is 0 Å². The van der Waals surface area contributed by atoms with E-state index in [1.54, 1.807) is 12.4 Å². The quantitative estimate of drug-likeness (QED) is 0.450. The molecule has 30 heavy (non-hydrogen) atoms. The smallest absolute Gasteiger partial charge is 0.175 e. The van der Waals surface area contributed by atoms with Gasteiger partial charge in [-0.2, -0.15) is 10.2 Å². The third-order valence-electron chi connectivity index (χ3n) is 4.97. The molecule has 0 aliphatic carbocycles. The molecule has 0 amide bonds. The molecule has 0 aliphatic rings. The number of nitrogens with zero attached hydrogens (tertiary/aromatic N) is 4. The van der Waals surface area contributed by atoms with Crippen molar-refractivity contribution >= 4 is 28.7 Å². The standard InChI is InChI=1S/C23H24N6S/c1-17-7-3-5-9-19(17)13-28-15-21(11-24-28)26-23(30)27-22-12-25-29(16-22)14-20-10-6-4-8-18(20)2/h3-12,15-16H,13-14H2,1-2H3,(H2,26,27,30). The van der Waals surface area contributed by atoms with E-state index >= 15 is 0 Å². The van der Waals surface area contributed by atoms with Gasteiger partial charge in [-0.15, -0.1) is 0 Å². The van der Waals surface area contributed by atoms with Crippen molar-refractivity contribution in [3.63, 3.8) is 0 Å². The van der Waals surface area contributed by atoms with Crippen LogP contribution in [-0.4, -0.2) is 24.7 Å². The van der Waals surface area contributed by atoms with Crippen molar-refractivity contribution in [1.29, 1.82) is 0 Å². The summed E-state index contributed by atoms with van der Waals surface area (Å²) in [5.41, 5.74) is 6.68. The minimum atomic E-state index is 0.501. The van der Waals surface area contributed by atoms with Gasteiger partial charge in [-0.05, 0) is 48.3 Å². The van der Waals surface area contributed by atoms with Crippen molar-refractivity contribution in [1.82, 2.24) is 19.6 Å². The molecule has 0 saturated heterocycles. The fourth-order valence-electron chi connectivity index (χ4n) is 3.25. The predicted molar refractivity (Wildman–Crippen MR) is 125 cm³/mol. The van der Waals surface area contributed by atoms with E-state index < -0.39 is 0 Å². The third kappa shape index (κ3) is 4.93. The molecule has 0 atom stereocenters. The molecule has 0 aliphatic heterocycles. The maximum Gasteiger partial charge on any atom is 0.175 e. The number of nitrogens with one attached hydrogen (secondary N) is 2. The fourth-order valence-corrected chi connectivity index (χ4v) is 3.48. The molecule has 7 heteroatoms. The van der Waals surface area contributed by atoms with E-state index in [1.165, 1.54) is 22.3 Å². The van der Waals surface area contributed by atoms with Crippen LogP contribution in [0.15, 0.2) is 73.3 Å². The Morgan fingerprint density at radius 1 is 0.767 bits per heavy atom. The molecule has 0 bridgehead atoms. The van der Waals surface area contributed by atoms with Crippen LogP contribution in [0.3, 0.4) is 0 Å². The summed E-state index contributed by atoms with van der Waals surface area (Å²) in [6.45, 7) is 5.66. The first-order valence-electron chi connectivity index (χ1n) is 9.79. The van der Waals surface area contributed by atoms with E-state index in [4.69, 9.17) is 12.2 Å². The first-order valence-corrected chi connectivity index (χ1v) is 10.2. The summed E-state index contributed by atoms with van der Waals surface area (Å²) in [6.07, 6.45) is 7.44. The molecule has 2 heterocycles. The second kappa shape index (κ2) is 8.92. The minimum absolute atomic E-state index is 0.501. The molecule has 152 valence electrons. The highest BCUT2D eigenvalue weighted by Crippen LogP contribution is 2.14. The zero-order valence-corrected chi connectivity index (χ0v) is 17.9. The number of aromatic nitrogens is 4. The minimum Gasteiger partial charge on any atom is -0.330 e. The number of hydrogen-bond acceptors (Lipinski definition) is 3. The highest BCUT2D eigenvalue weighted by atomic mass is 32.1. The lowest BCUT2D eigenvalue weighted by molar-refractivity contribution is 0.684.